The number of carboxylic acid groups (broad SMARTS) is 1. The molecule has 0 fully saturated rings. The Bertz CT molecular complexity index is 1290. The number of aliphatic carboxylic acids is 1. The number of aromatic nitrogens is 1. The molecule has 0 saturated carbocycles. The van der Waals surface area contributed by atoms with Crippen LogP contribution in [0.5, 0.6) is 17.2 Å². The van der Waals surface area contributed by atoms with Crippen LogP contribution >= 0.6 is 11.6 Å². The number of nitrogens with one attached hydrogen (secondary N) is 1. The number of alkyl halides is 3. The number of pyridine rings is 1. The van der Waals surface area contributed by atoms with Gasteiger partial charge in [-0.3, -0.25) is 4.79 Å². The Hall–Kier alpha value is -3.79. The molecule has 2 N–H and O–H groups in total. The maximum Gasteiger partial charge on any atom is 0.417 e. The first kappa shape index (κ1) is 26.8. The SMILES string of the molecule is Cc1cc(Oc2cccc(CNC(=O)c3ncc(C(F)(F)F)cc3Cl)c2)ccc1OC(C)(C)C(=O)O. The molecule has 0 radical (unpaired) electrons. The third kappa shape index (κ3) is 6.66. The summed E-state index contributed by atoms with van der Waals surface area (Å²) in [6.07, 6.45) is -4.07. The number of rotatable bonds is 8. The van der Waals surface area contributed by atoms with Crippen molar-refractivity contribution < 1.29 is 37.3 Å². The van der Waals surface area contributed by atoms with E-state index in [4.69, 9.17) is 21.1 Å². The number of halogens is 4. The molecule has 0 saturated heterocycles. The quantitative estimate of drug-likeness (QED) is 0.375. The van der Waals surface area contributed by atoms with E-state index in [1.54, 1.807) is 49.4 Å². The first-order valence-corrected chi connectivity index (χ1v) is 10.9. The number of ether oxygens (including phenoxy) is 2. The molecule has 1 heterocycles. The number of aryl methyl sites for hydroxylation is 1. The minimum atomic E-state index is -4.62. The van der Waals surface area contributed by atoms with Gasteiger partial charge < -0.3 is 19.9 Å². The second-order valence-corrected chi connectivity index (χ2v) is 8.74. The Morgan fingerprint density at radius 1 is 1.08 bits per heavy atom. The first-order valence-electron chi connectivity index (χ1n) is 10.6. The number of amides is 1. The number of nitrogens with zero attached hydrogens (tertiary/aromatic N) is 1. The Morgan fingerprint density at radius 2 is 1.78 bits per heavy atom. The van der Waals surface area contributed by atoms with Gasteiger partial charge in [-0.2, -0.15) is 13.2 Å². The van der Waals surface area contributed by atoms with Crippen LogP contribution in [0.4, 0.5) is 13.2 Å². The molecule has 11 heteroatoms. The van der Waals surface area contributed by atoms with E-state index < -0.39 is 34.2 Å². The fraction of sp³-hybridized carbons (Fsp3) is 0.240. The van der Waals surface area contributed by atoms with Crippen LogP contribution in [0.1, 0.15) is 41.0 Å². The summed E-state index contributed by atoms with van der Waals surface area (Å²) < 4.78 is 49.7. The molecule has 0 spiro atoms. The molecule has 1 aromatic heterocycles. The average molecular weight is 523 g/mol. The van der Waals surface area contributed by atoms with Crippen molar-refractivity contribution in [3.8, 4) is 17.2 Å². The number of benzene rings is 2. The maximum absolute atomic E-state index is 12.8. The Labute approximate surface area is 209 Å². The monoisotopic (exact) mass is 522 g/mol. The molecule has 0 aliphatic heterocycles. The van der Waals surface area contributed by atoms with Crippen LogP contribution in [0.15, 0.2) is 54.7 Å². The van der Waals surface area contributed by atoms with Gasteiger partial charge in [0, 0.05) is 12.7 Å². The second kappa shape index (κ2) is 10.4. The van der Waals surface area contributed by atoms with Crippen molar-refractivity contribution in [3.63, 3.8) is 0 Å². The van der Waals surface area contributed by atoms with Crippen molar-refractivity contribution in [3.05, 3.63) is 82.1 Å². The fourth-order valence-electron chi connectivity index (χ4n) is 3.00. The highest BCUT2D eigenvalue weighted by Crippen LogP contribution is 2.32. The van der Waals surface area contributed by atoms with Gasteiger partial charge >= 0.3 is 12.1 Å². The van der Waals surface area contributed by atoms with Gasteiger partial charge in [0.1, 0.15) is 22.9 Å². The van der Waals surface area contributed by atoms with E-state index in [9.17, 15) is 27.9 Å². The zero-order valence-electron chi connectivity index (χ0n) is 19.4. The fourth-order valence-corrected chi connectivity index (χ4v) is 3.25. The van der Waals surface area contributed by atoms with Gasteiger partial charge in [-0.1, -0.05) is 23.7 Å². The van der Waals surface area contributed by atoms with Crippen molar-refractivity contribution >= 4 is 23.5 Å². The minimum absolute atomic E-state index is 0.0468. The first-order chi connectivity index (χ1) is 16.8. The van der Waals surface area contributed by atoms with E-state index in [1.807, 2.05) is 0 Å². The molecule has 0 aliphatic carbocycles. The van der Waals surface area contributed by atoms with Crippen LogP contribution < -0.4 is 14.8 Å². The molecule has 36 heavy (non-hydrogen) atoms. The van der Waals surface area contributed by atoms with E-state index in [2.05, 4.69) is 10.3 Å². The van der Waals surface area contributed by atoms with Gasteiger partial charge in [-0.05, 0) is 68.3 Å². The van der Waals surface area contributed by atoms with Crippen LogP contribution in [-0.2, 0) is 17.5 Å². The summed E-state index contributed by atoms with van der Waals surface area (Å²) in [6, 6.07) is 12.4. The molecule has 0 bridgehead atoms. The van der Waals surface area contributed by atoms with Crippen LogP contribution in [0, 0.1) is 6.92 Å². The van der Waals surface area contributed by atoms with Crippen molar-refractivity contribution in [1.29, 1.82) is 0 Å². The van der Waals surface area contributed by atoms with Gasteiger partial charge in [0.2, 0.25) is 0 Å². The van der Waals surface area contributed by atoms with Crippen LogP contribution in [0.25, 0.3) is 0 Å². The molecule has 0 unspecified atom stereocenters. The van der Waals surface area contributed by atoms with Crippen molar-refractivity contribution in [2.24, 2.45) is 0 Å². The van der Waals surface area contributed by atoms with E-state index in [0.717, 1.165) is 0 Å². The van der Waals surface area contributed by atoms with Crippen LogP contribution in [0.2, 0.25) is 5.02 Å². The number of hydrogen-bond donors (Lipinski definition) is 2. The highest BCUT2D eigenvalue weighted by atomic mass is 35.5. The minimum Gasteiger partial charge on any atom is -0.478 e. The second-order valence-electron chi connectivity index (χ2n) is 8.33. The zero-order chi connectivity index (χ0) is 26.7. The van der Waals surface area contributed by atoms with Crippen molar-refractivity contribution in [1.82, 2.24) is 10.3 Å². The molecule has 0 aliphatic rings. The van der Waals surface area contributed by atoms with Crippen LogP contribution in [-0.4, -0.2) is 27.6 Å². The van der Waals surface area contributed by atoms with Crippen LogP contribution in [0.3, 0.4) is 0 Å². The van der Waals surface area contributed by atoms with Gasteiger partial charge in [0.25, 0.3) is 5.91 Å². The summed E-state index contributed by atoms with van der Waals surface area (Å²) in [6.45, 7) is 4.70. The smallest absolute Gasteiger partial charge is 0.417 e. The lowest BCUT2D eigenvalue weighted by Crippen LogP contribution is -2.38. The lowest BCUT2D eigenvalue weighted by molar-refractivity contribution is -0.152. The summed E-state index contributed by atoms with van der Waals surface area (Å²) >= 11 is 5.82. The number of carbonyl (C=O) groups is 2. The van der Waals surface area contributed by atoms with E-state index in [0.29, 0.717) is 40.6 Å². The van der Waals surface area contributed by atoms with E-state index in [-0.39, 0.29) is 12.2 Å². The molecular weight excluding hydrogens is 501 g/mol. The van der Waals surface area contributed by atoms with Gasteiger partial charge in [0.05, 0.1) is 10.6 Å². The standard InChI is InChI=1S/C25H22ClF3N2O5/c1-14-9-18(7-8-20(14)36-24(2,3)23(33)34)35-17-6-4-5-15(10-17)12-31-22(32)21-19(26)11-16(13-30-21)25(27,28)29/h4-11,13H,12H2,1-3H3,(H,31,32)(H,33,34). The molecule has 3 rings (SSSR count). The zero-order valence-corrected chi connectivity index (χ0v) is 20.2. The Morgan fingerprint density at radius 3 is 2.39 bits per heavy atom. The summed E-state index contributed by atoms with van der Waals surface area (Å²) in [7, 11) is 0. The normalized spacial score (nSPS) is 11.6. The highest BCUT2D eigenvalue weighted by molar-refractivity contribution is 6.33. The molecule has 0 atom stereocenters. The molecule has 1 amide bonds. The Balaban J connectivity index is 1.65. The largest absolute Gasteiger partial charge is 0.478 e. The summed E-state index contributed by atoms with van der Waals surface area (Å²) in [5.74, 6) is -0.471. The van der Waals surface area contributed by atoms with Crippen molar-refractivity contribution in [2.45, 2.75) is 39.1 Å². The highest BCUT2D eigenvalue weighted by Gasteiger charge is 2.32. The molecule has 190 valence electrons. The summed E-state index contributed by atoms with van der Waals surface area (Å²) in [5, 5.41) is 11.4. The van der Waals surface area contributed by atoms with Gasteiger partial charge in [-0.25, -0.2) is 9.78 Å². The van der Waals surface area contributed by atoms with E-state index in [1.165, 1.54) is 13.8 Å². The van der Waals surface area contributed by atoms with Crippen molar-refractivity contribution in [2.75, 3.05) is 0 Å². The van der Waals surface area contributed by atoms with Gasteiger partial charge in [0.15, 0.2) is 5.60 Å². The van der Waals surface area contributed by atoms with Gasteiger partial charge in [-0.15, -0.1) is 0 Å². The molecular formula is C25H22ClF3N2O5. The molecule has 2 aromatic carbocycles. The topological polar surface area (TPSA) is 97.8 Å². The molecule has 3 aromatic rings. The predicted octanol–water partition coefficient (Wildman–Crippen LogP) is 6.03. The number of carboxylic acids is 1. The summed E-state index contributed by atoms with van der Waals surface area (Å²) in [5.41, 5.74) is -1.43. The van der Waals surface area contributed by atoms with E-state index >= 15 is 0 Å². The lowest BCUT2D eigenvalue weighted by Gasteiger charge is -2.23. The Kier molecular flexibility index (Phi) is 7.78. The maximum atomic E-state index is 12.8. The third-order valence-corrected chi connectivity index (χ3v) is 5.29. The lowest BCUT2D eigenvalue weighted by atomic mass is 10.1. The predicted molar refractivity (Wildman–Crippen MR) is 125 cm³/mol. The number of carbonyl (C=O) groups excluding carboxylic acids is 1. The molecule has 7 nitrogen and oxygen atoms in total. The summed E-state index contributed by atoms with van der Waals surface area (Å²) in [4.78, 5) is 27.2. The average Bonchev–Trinajstić information content (AvgIpc) is 2.78. The number of hydrogen-bond acceptors (Lipinski definition) is 5. The third-order valence-electron chi connectivity index (χ3n) is 5.00.